The molecular weight excluding hydrogens is 1150 g/mol. The first-order chi connectivity index (χ1) is 41.4. The number of halogens is 4. The van der Waals surface area contributed by atoms with Crippen LogP contribution < -0.4 is 32.6 Å². The lowest BCUT2D eigenvalue weighted by Crippen LogP contribution is -2.31. The molecule has 2 amide bonds. The predicted octanol–water partition coefficient (Wildman–Crippen LogP) is 15.5. The Bertz CT molecular complexity index is 4720. The Morgan fingerprint density at radius 1 is 0.435 bits per heavy atom. The zero-order valence-electron chi connectivity index (χ0n) is 45.0. The summed E-state index contributed by atoms with van der Waals surface area (Å²) in [7, 11) is 0. The van der Waals surface area contributed by atoms with Crippen LogP contribution in [0.25, 0.3) is 77.4 Å². The number of anilines is 5. The molecule has 2 aliphatic rings. The summed E-state index contributed by atoms with van der Waals surface area (Å²) in [5, 5.41) is 18.3. The van der Waals surface area contributed by atoms with E-state index in [2.05, 4.69) is 46.2 Å². The van der Waals surface area contributed by atoms with Crippen LogP contribution in [0.2, 0.25) is 20.2 Å². The fourth-order valence-corrected chi connectivity index (χ4v) is 10.8. The van der Waals surface area contributed by atoms with Crippen molar-refractivity contribution in [1.29, 1.82) is 0 Å². The van der Waals surface area contributed by atoms with Gasteiger partial charge in [-0.15, -0.1) is 0 Å². The van der Waals surface area contributed by atoms with Crippen molar-refractivity contribution in [3.05, 3.63) is 247 Å². The lowest BCUT2D eigenvalue weighted by Gasteiger charge is -2.11. The lowest BCUT2D eigenvalue weighted by atomic mass is 10.1. The number of H-pyrrole nitrogens is 4. The molecule has 0 saturated heterocycles. The van der Waals surface area contributed by atoms with Crippen molar-refractivity contribution in [2.24, 2.45) is 0 Å². The molecule has 0 unspecified atom stereocenters. The van der Waals surface area contributed by atoms with Crippen molar-refractivity contribution >= 4 is 131 Å². The molecule has 15 nitrogen and oxygen atoms in total. The first-order valence-electron chi connectivity index (χ1n) is 27.0. The van der Waals surface area contributed by atoms with Gasteiger partial charge in [0, 0.05) is 93.4 Å². The molecule has 0 radical (unpaired) electrons. The minimum absolute atomic E-state index is 0.0232. The van der Waals surface area contributed by atoms with Gasteiger partial charge in [0.05, 0.1) is 70.7 Å². The van der Waals surface area contributed by atoms with Gasteiger partial charge in [-0.3, -0.25) is 14.4 Å². The number of nitrogens with one attached hydrogen (secondary N) is 8. The molecule has 7 aromatic heterocycles. The molecule has 0 aliphatic carbocycles. The quantitative estimate of drug-likeness (QED) is 0.0545. The van der Waals surface area contributed by atoms with Crippen LogP contribution in [0.3, 0.4) is 0 Å². The van der Waals surface area contributed by atoms with E-state index in [4.69, 9.17) is 62.1 Å². The van der Waals surface area contributed by atoms with Crippen LogP contribution in [0.4, 0.5) is 28.7 Å². The molecule has 85 heavy (non-hydrogen) atoms. The first-order valence-corrected chi connectivity index (χ1v) is 28.5. The Kier molecular flexibility index (Phi) is 16.0. The summed E-state index contributed by atoms with van der Waals surface area (Å²) in [6.45, 7) is 1.33. The molecule has 10 N–H and O–H groups in total. The van der Waals surface area contributed by atoms with Gasteiger partial charge in [-0.25, -0.2) is 15.0 Å². The topological polar surface area (TPSA) is 227 Å². The second-order valence-electron chi connectivity index (χ2n) is 19.9. The number of nitrogens with zero attached hydrogens (tertiary/aromatic N) is 3. The highest BCUT2D eigenvalue weighted by molar-refractivity contribution is 6.34. The molecule has 9 heterocycles. The van der Waals surface area contributed by atoms with Crippen molar-refractivity contribution in [2.45, 2.75) is 12.8 Å². The van der Waals surface area contributed by atoms with E-state index in [1.165, 1.54) is 0 Å². The highest BCUT2D eigenvalue weighted by atomic mass is 35.5. The van der Waals surface area contributed by atoms with E-state index in [0.717, 1.165) is 113 Å². The maximum absolute atomic E-state index is 12.1. The summed E-state index contributed by atoms with van der Waals surface area (Å²) in [6, 6.07) is 59.5. The normalized spacial score (nSPS) is 12.4. The summed E-state index contributed by atoms with van der Waals surface area (Å²) in [5.41, 5.74) is 19.7. The molecule has 0 fully saturated rings. The number of carbonyl (C=O) groups is 2. The Labute approximate surface area is 506 Å². The average molecular weight is 1200 g/mol. The van der Waals surface area contributed by atoms with E-state index in [1.807, 2.05) is 170 Å². The van der Waals surface area contributed by atoms with Crippen LogP contribution in [0.1, 0.15) is 32.1 Å². The van der Waals surface area contributed by atoms with Gasteiger partial charge in [-0.1, -0.05) is 137 Å². The van der Waals surface area contributed by atoms with E-state index in [-0.39, 0.29) is 17.4 Å². The van der Waals surface area contributed by atoms with Crippen molar-refractivity contribution < 1.29 is 9.59 Å². The second kappa shape index (κ2) is 24.5. The zero-order valence-corrected chi connectivity index (χ0v) is 48.0. The molecule has 0 atom stereocenters. The van der Waals surface area contributed by atoms with Crippen LogP contribution in [0.15, 0.2) is 199 Å². The number of benzene rings is 6. The molecule has 13 aromatic rings. The summed E-state index contributed by atoms with van der Waals surface area (Å²) >= 11 is 24.1. The zero-order chi connectivity index (χ0) is 58.6. The van der Waals surface area contributed by atoms with Gasteiger partial charge in [0.2, 0.25) is 0 Å². The number of aromatic amines is 4. The smallest absolute Gasteiger partial charge is 0.257 e. The van der Waals surface area contributed by atoms with Crippen LogP contribution in [0.5, 0.6) is 0 Å². The lowest BCUT2D eigenvalue weighted by molar-refractivity contribution is 0.0937. The van der Waals surface area contributed by atoms with Crippen LogP contribution in [-0.4, -0.2) is 59.8 Å². The Hall–Kier alpha value is -9.90. The number of nitrogens with two attached hydrogens (primary N) is 1. The van der Waals surface area contributed by atoms with Crippen LogP contribution in [-0.2, 0) is 12.8 Å². The highest BCUT2D eigenvalue weighted by Crippen LogP contribution is 2.35. The fourth-order valence-electron chi connectivity index (χ4n) is 10.2. The van der Waals surface area contributed by atoms with Gasteiger partial charge >= 0.3 is 0 Å². The third-order valence-corrected chi connectivity index (χ3v) is 15.6. The van der Waals surface area contributed by atoms with E-state index >= 15 is 0 Å². The number of aromatic nitrogens is 7. The summed E-state index contributed by atoms with van der Waals surface area (Å²) in [6.07, 6.45) is 3.26. The summed E-state index contributed by atoms with van der Waals surface area (Å²) in [4.78, 5) is 62.9. The molecule has 2 aliphatic heterocycles. The predicted molar refractivity (Wildman–Crippen MR) is 345 cm³/mol. The molecule has 19 heteroatoms. The number of para-hydroxylation sites is 6. The van der Waals surface area contributed by atoms with Crippen molar-refractivity contribution in [2.75, 3.05) is 29.5 Å². The van der Waals surface area contributed by atoms with Gasteiger partial charge in [-0.2, -0.15) is 0 Å². The number of nitrogen functional groups attached to an aromatic ring is 1. The monoisotopic (exact) mass is 1200 g/mol. The highest BCUT2D eigenvalue weighted by Gasteiger charge is 2.23. The van der Waals surface area contributed by atoms with E-state index in [9.17, 15) is 14.4 Å². The Morgan fingerprint density at radius 3 is 1.35 bits per heavy atom. The van der Waals surface area contributed by atoms with E-state index in [1.54, 1.807) is 24.4 Å². The van der Waals surface area contributed by atoms with Crippen LogP contribution in [0, 0.1) is 0 Å². The minimum Gasteiger partial charge on any atom is -0.398 e. The molecule has 6 aromatic carbocycles. The minimum atomic E-state index is -0.116. The number of fused-ring (bicyclic) bond motifs is 6. The maximum Gasteiger partial charge on any atom is 0.257 e. The fraction of sp³-hybridized carbons (Fsp3) is 0.0606. The number of pyridine rings is 4. The standard InChI is InChI=1S/C22H17ClN4O.C22H15ClN4O.C16H12ClN3O.C6H6ClN/c2*23-16-6-1-2-7-18(16)26-20-9-8-13-4-3-5-14(21(13)27-20)19-12-15-17(25-19)10-11-24-22(15)28;17-14-5-4-9-2-1-3-10(15(9)20-14)13-8-11-12(19-13)6-7-18-16(11)21;7-5-3-1-2-4-6(5)8/h1-9,12,25H,10-11H2,(H,24,28)(H,26,27);1-12,25H,(H,24,28)(H,26,27);1-5,8,19H,6-7H2,(H,18,21);1-4H,8H2. The summed E-state index contributed by atoms with van der Waals surface area (Å²) < 4.78 is 0. The largest absolute Gasteiger partial charge is 0.398 e. The number of carbonyl (C=O) groups excluding carboxylic acids is 2. The van der Waals surface area contributed by atoms with E-state index < -0.39 is 0 Å². The van der Waals surface area contributed by atoms with Gasteiger partial charge in [-0.05, 0) is 97.1 Å². The molecule has 0 spiro atoms. The number of hydrogen-bond donors (Lipinski definition) is 9. The number of amides is 2. The number of rotatable bonds is 7. The third kappa shape index (κ3) is 12.1. The van der Waals surface area contributed by atoms with Crippen LogP contribution >= 0.6 is 46.4 Å². The second-order valence-corrected chi connectivity index (χ2v) is 21.5. The molecule has 0 saturated carbocycles. The van der Waals surface area contributed by atoms with Crippen molar-refractivity contribution in [1.82, 2.24) is 45.5 Å². The summed E-state index contributed by atoms with van der Waals surface area (Å²) in [5.74, 6) is 1.35. The van der Waals surface area contributed by atoms with Gasteiger partial charge < -0.3 is 46.9 Å². The molecule has 0 bridgehead atoms. The SMILES string of the molecule is Nc1ccccc1Cl.O=C1NCCc2[nH]c(-c3cccc4ccc(Cl)nc34)cc21.O=C1NCCc2[nH]c(-c3cccc4ccc(Nc5ccccc5Cl)nc34)cc21.O=c1[nH]ccc2[nH]c(-c3cccc4ccc(Nc5ccccc5Cl)nc34)cc12. The van der Waals surface area contributed by atoms with Gasteiger partial charge in [0.1, 0.15) is 16.8 Å². The molecule has 420 valence electrons. The molecule has 15 rings (SSSR count). The van der Waals surface area contributed by atoms with Gasteiger partial charge in [0.15, 0.2) is 0 Å². The van der Waals surface area contributed by atoms with E-state index in [0.29, 0.717) is 61.6 Å². The molecular formula is C66H50Cl4N12O3. The number of hydrogen-bond acceptors (Lipinski definition) is 9. The first kappa shape index (κ1) is 55.6. The third-order valence-electron chi connectivity index (χ3n) is 14.3. The van der Waals surface area contributed by atoms with Crippen molar-refractivity contribution in [3.63, 3.8) is 0 Å². The van der Waals surface area contributed by atoms with Gasteiger partial charge in [0.25, 0.3) is 17.4 Å². The van der Waals surface area contributed by atoms with Crippen molar-refractivity contribution in [3.8, 4) is 33.8 Å². The Morgan fingerprint density at radius 2 is 0.894 bits per heavy atom. The average Bonchev–Trinajstić information content (AvgIpc) is 4.38. The Balaban J connectivity index is 0.000000118. The maximum atomic E-state index is 12.1.